The van der Waals surface area contributed by atoms with Crippen molar-refractivity contribution in [1.29, 1.82) is 0 Å². The fourth-order valence-corrected chi connectivity index (χ4v) is 3.39. The van der Waals surface area contributed by atoms with E-state index in [-0.39, 0.29) is 0 Å². The van der Waals surface area contributed by atoms with Crippen LogP contribution in [0, 0.1) is 5.92 Å². The van der Waals surface area contributed by atoms with Crippen LogP contribution in [0.2, 0.25) is 0 Å². The normalized spacial score (nSPS) is 38.5. The zero-order valence-electron chi connectivity index (χ0n) is 9.59. The summed E-state index contributed by atoms with van der Waals surface area (Å²) >= 11 is 0. The lowest BCUT2D eigenvalue weighted by Crippen LogP contribution is -2.54. The molecule has 1 aromatic rings. The van der Waals surface area contributed by atoms with E-state index < -0.39 is 0 Å². The van der Waals surface area contributed by atoms with Crippen molar-refractivity contribution in [3.8, 4) is 0 Å². The van der Waals surface area contributed by atoms with Crippen molar-refractivity contribution in [3.05, 3.63) is 35.4 Å². The fourth-order valence-electron chi connectivity index (χ4n) is 3.39. The first-order valence-corrected chi connectivity index (χ1v) is 6.02. The second-order valence-corrected chi connectivity index (χ2v) is 5.49. The molecular formula is C14H19N. The van der Waals surface area contributed by atoms with E-state index in [0.717, 1.165) is 5.92 Å². The van der Waals surface area contributed by atoms with E-state index in [1.165, 1.54) is 19.4 Å². The van der Waals surface area contributed by atoms with Gasteiger partial charge in [0.15, 0.2) is 0 Å². The highest BCUT2D eigenvalue weighted by molar-refractivity contribution is 5.39. The van der Waals surface area contributed by atoms with Gasteiger partial charge >= 0.3 is 0 Å². The van der Waals surface area contributed by atoms with Gasteiger partial charge in [0, 0.05) is 6.04 Å². The summed E-state index contributed by atoms with van der Waals surface area (Å²) in [5.41, 5.74) is 3.58. The molecule has 0 saturated carbocycles. The molecule has 1 N–H and O–H groups in total. The third-order valence-corrected chi connectivity index (χ3v) is 4.57. The van der Waals surface area contributed by atoms with Crippen molar-refractivity contribution in [1.82, 2.24) is 5.32 Å². The summed E-state index contributed by atoms with van der Waals surface area (Å²) in [4.78, 5) is 0. The van der Waals surface area contributed by atoms with Crippen LogP contribution in [0.1, 0.15) is 31.4 Å². The largest absolute Gasteiger partial charge is 0.313 e. The molecule has 1 aliphatic heterocycles. The van der Waals surface area contributed by atoms with Gasteiger partial charge in [0.05, 0.1) is 0 Å². The maximum absolute atomic E-state index is 3.67. The third-order valence-electron chi connectivity index (χ3n) is 4.57. The van der Waals surface area contributed by atoms with Crippen LogP contribution in [0.5, 0.6) is 0 Å². The predicted molar refractivity (Wildman–Crippen MR) is 63.1 cm³/mol. The van der Waals surface area contributed by atoms with Gasteiger partial charge in [-0.3, -0.25) is 0 Å². The van der Waals surface area contributed by atoms with Gasteiger partial charge < -0.3 is 5.32 Å². The molecule has 1 aliphatic carbocycles. The fraction of sp³-hybridized carbons (Fsp3) is 0.571. The molecule has 1 saturated heterocycles. The molecule has 1 fully saturated rings. The van der Waals surface area contributed by atoms with Gasteiger partial charge in [-0.05, 0) is 41.8 Å². The molecule has 2 aliphatic rings. The Bertz CT molecular complexity index is 385. The Morgan fingerprint density at radius 1 is 1.33 bits per heavy atom. The molecule has 2 bridgehead atoms. The van der Waals surface area contributed by atoms with E-state index in [1.54, 1.807) is 11.1 Å². The second-order valence-electron chi connectivity index (χ2n) is 5.49. The molecule has 15 heavy (non-hydrogen) atoms. The van der Waals surface area contributed by atoms with Gasteiger partial charge in [-0.15, -0.1) is 0 Å². The maximum Gasteiger partial charge on any atom is 0.0116 e. The van der Waals surface area contributed by atoms with Crippen molar-refractivity contribution in [2.75, 3.05) is 6.54 Å². The number of nitrogens with one attached hydrogen (secondary N) is 1. The molecule has 0 radical (unpaired) electrons. The van der Waals surface area contributed by atoms with E-state index in [9.17, 15) is 0 Å². The van der Waals surface area contributed by atoms with E-state index in [0.29, 0.717) is 11.5 Å². The summed E-state index contributed by atoms with van der Waals surface area (Å²) in [6, 6.07) is 9.72. The lowest BCUT2D eigenvalue weighted by molar-refractivity contribution is 0.176. The minimum atomic E-state index is 0.408. The van der Waals surface area contributed by atoms with E-state index >= 15 is 0 Å². The van der Waals surface area contributed by atoms with Crippen LogP contribution >= 0.6 is 0 Å². The van der Waals surface area contributed by atoms with E-state index in [1.807, 2.05) is 0 Å². The van der Waals surface area contributed by atoms with E-state index in [2.05, 4.69) is 43.4 Å². The van der Waals surface area contributed by atoms with Crippen molar-refractivity contribution in [2.45, 2.75) is 38.1 Å². The molecule has 0 amide bonds. The third kappa shape index (κ3) is 1.26. The molecule has 1 nitrogen and oxygen atoms in total. The smallest absolute Gasteiger partial charge is 0.0116 e. The molecule has 0 spiro atoms. The van der Waals surface area contributed by atoms with Crippen molar-refractivity contribution in [3.63, 3.8) is 0 Å². The molecule has 1 unspecified atom stereocenters. The Balaban J connectivity index is 2.15. The lowest BCUT2D eigenvalue weighted by Gasteiger charge is -2.49. The van der Waals surface area contributed by atoms with E-state index in [4.69, 9.17) is 0 Å². The number of fused-ring (bicyclic) bond motifs is 4. The molecule has 3 rings (SSSR count). The highest BCUT2D eigenvalue weighted by atomic mass is 14.9. The Morgan fingerprint density at radius 3 is 3.00 bits per heavy atom. The average molecular weight is 201 g/mol. The molecule has 1 aromatic carbocycles. The molecule has 3 atom stereocenters. The molecule has 1 heterocycles. The Hall–Kier alpha value is -0.820. The number of hydrogen-bond donors (Lipinski definition) is 1. The van der Waals surface area contributed by atoms with Gasteiger partial charge in [0.2, 0.25) is 0 Å². The Kier molecular flexibility index (Phi) is 1.93. The van der Waals surface area contributed by atoms with Crippen LogP contribution in [0.3, 0.4) is 0 Å². The average Bonchev–Trinajstić information content (AvgIpc) is 2.24. The van der Waals surface area contributed by atoms with Crippen LogP contribution in [0.15, 0.2) is 24.3 Å². The molecular weight excluding hydrogens is 182 g/mol. The summed E-state index contributed by atoms with van der Waals surface area (Å²) in [6.45, 7) is 6.00. The predicted octanol–water partition coefficient (Wildman–Crippen LogP) is 2.50. The summed E-state index contributed by atoms with van der Waals surface area (Å²) in [5, 5.41) is 3.67. The Labute approximate surface area is 91.9 Å². The number of hydrogen-bond acceptors (Lipinski definition) is 1. The highest BCUT2D eigenvalue weighted by Crippen LogP contribution is 2.44. The summed E-state index contributed by atoms with van der Waals surface area (Å²) in [6.07, 6.45) is 2.53. The van der Waals surface area contributed by atoms with Gasteiger partial charge in [-0.25, -0.2) is 0 Å². The van der Waals surface area contributed by atoms with Crippen molar-refractivity contribution < 1.29 is 0 Å². The van der Waals surface area contributed by atoms with Crippen LogP contribution in [-0.2, 0) is 11.8 Å². The van der Waals surface area contributed by atoms with Crippen LogP contribution in [0.25, 0.3) is 0 Å². The number of rotatable bonds is 0. The van der Waals surface area contributed by atoms with Crippen molar-refractivity contribution in [2.24, 2.45) is 5.92 Å². The molecule has 80 valence electrons. The molecule has 0 aromatic heterocycles. The first kappa shape index (κ1) is 9.41. The van der Waals surface area contributed by atoms with Gasteiger partial charge in [0.25, 0.3) is 0 Å². The standard InChI is InChI=1S/C14H19N/c1-10-9-15-12-7-11-5-3-4-6-13(11)14(10,2)8-12/h3-6,10,12,15H,7-9H2,1-2H3/t10-,12?,14+/m1/s1. The summed E-state index contributed by atoms with van der Waals surface area (Å²) in [5.74, 6) is 0.746. The Morgan fingerprint density at radius 2 is 2.13 bits per heavy atom. The number of benzene rings is 1. The summed E-state index contributed by atoms with van der Waals surface area (Å²) in [7, 11) is 0. The monoisotopic (exact) mass is 201 g/mol. The minimum Gasteiger partial charge on any atom is -0.313 e. The lowest BCUT2D eigenvalue weighted by atomic mass is 9.61. The van der Waals surface area contributed by atoms with Crippen LogP contribution in [-0.4, -0.2) is 12.6 Å². The van der Waals surface area contributed by atoms with Crippen molar-refractivity contribution >= 4 is 0 Å². The van der Waals surface area contributed by atoms with Gasteiger partial charge in [-0.2, -0.15) is 0 Å². The maximum atomic E-state index is 3.67. The SMILES string of the molecule is C[C@@H]1CNC2Cc3ccccc3[C@@]1(C)C2. The molecule has 1 heteroatoms. The van der Waals surface area contributed by atoms with Gasteiger partial charge in [0.1, 0.15) is 0 Å². The number of piperidine rings is 1. The first-order chi connectivity index (χ1) is 7.20. The minimum absolute atomic E-state index is 0.408. The zero-order valence-corrected chi connectivity index (χ0v) is 9.59. The highest BCUT2D eigenvalue weighted by Gasteiger charge is 2.43. The quantitative estimate of drug-likeness (QED) is 0.680. The topological polar surface area (TPSA) is 12.0 Å². The van der Waals surface area contributed by atoms with Gasteiger partial charge in [-0.1, -0.05) is 38.1 Å². The first-order valence-electron chi connectivity index (χ1n) is 6.02. The zero-order chi connectivity index (χ0) is 10.5. The second kappa shape index (κ2) is 3.08. The van der Waals surface area contributed by atoms with Crippen LogP contribution < -0.4 is 5.32 Å². The van der Waals surface area contributed by atoms with Crippen LogP contribution in [0.4, 0.5) is 0 Å². The summed E-state index contributed by atoms with van der Waals surface area (Å²) < 4.78 is 0.